The molecule has 1 fully saturated rings. The van der Waals surface area contributed by atoms with E-state index in [-0.39, 0.29) is 12.7 Å². The maximum atomic E-state index is 9.63. The molecule has 25 heavy (non-hydrogen) atoms. The maximum Gasteiger partial charge on any atom is 0.224 e. The Balaban J connectivity index is 1.61. The summed E-state index contributed by atoms with van der Waals surface area (Å²) < 4.78 is 2.01. The van der Waals surface area contributed by atoms with Crippen LogP contribution in [0.2, 0.25) is 0 Å². The van der Waals surface area contributed by atoms with Crippen LogP contribution in [0, 0.1) is 0 Å². The van der Waals surface area contributed by atoms with Gasteiger partial charge in [-0.1, -0.05) is 12.1 Å². The third-order valence-electron chi connectivity index (χ3n) is 4.91. The van der Waals surface area contributed by atoms with Gasteiger partial charge >= 0.3 is 0 Å². The van der Waals surface area contributed by atoms with Crippen molar-refractivity contribution in [2.24, 2.45) is 0 Å². The summed E-state index contributed by atoms with van der Waals surface area (Å²) in [5.41, 5.74) is 1.92. The first-order chi connectivity index (χ1) is 12.2. The van der Waals surface area contributed by atoms with Crippen molar-refractivity contribution in [3.8, 4) is 5.82 Å². The van der Waals surface area contributed by atoms with Crippen molar-refractivity contribution < 1.29 is 10.2 Å². The van der Waals surface area contributed by atoms with Crippen molar-refractivity contribution in [2.75, 3.05) is 5.32 Å². The molecule has 0 bridgehead atoms. The van der Waals surface area contributed by atoms with Gasteiger partial charge in [0.2, 0.25) is 5.95 Å². The lowest BCUT2D eigenvalue weighted by Gasteiger charge is -2.26. The van der Waals surface area contributed by atoms with Gasteiger partial charge in [-0.2, -0.15) is 4.98 Å². The van der Waals surface area contributed by atoms with Crippen molar-refractivity contribution in [2.45, 2.75) is 44.4 Å². The Labute approximate surface area is 146 Å². The predicted molar refractivity (Wildman–Crippen MR) is 96.7 cm³/mol. The predicted octanol–water partition coefficient (Wildman–Crippen LogP) is 2.63. The molecule has 1 aromatic carbocycles. The summed E-state index contributed by atoms with van der Waals surface area (Å²) in [4.78, 5) is 8.99. The molecular formula is C19H22N4O2. The van der Waals surface area contributed by atoms with Crippen LogP contribution in [-0.2, 0) is 6.61 Å². The van der Waals surface area contributed by atoms with E-state index >= 15 is 0 Å². The van der Waals surface area contributed by atoms with Gasteiger partial charge in [0.1, 0.15) is 5.82 Å². The summed E-state index contributed by atoms with van der Waals surface area (Å²) in [7, 11) is 0. The Bertz CT molecular complexity index is 869. The highest BCUT2D eigenvalue weighted by molar-refractivity contribution is 5.85. The number of hydrogen-bond acceptors (Lipinski definition) is 5. The van der Waals surface area contributed by atoms with Gasteiger partial charge in [0.15, 0.2) is 0 Å². The molecule has 4 rings (SSSR count). The number of rotatable bonds is 4. The minimum atomic E-state index is -0.169. The van der Waals surface area contributed by atoms with Crippen LogP contribution in [0.3, 0.4) is 0 Å². The number of anilines is 1. The number of aliphatic hydroxyl groups excluding tert-OH is 2. The first-order valence-corrected chi connectivity index (χ1v) is 8.72. The average molecular weight is 338 g/mol. The number of fused-ring (bicyclic) bond motifs is 1. The number of aliphatic hydroxyl groups is 2. The van der Waals surface area contributed by atoms with Crippen LogP contribution in [-0.4, -0.2) is 36.9 Å². The smallest absolute Gasteiger partial charge is 0.224 e. The molecule has 2 aromatic heterocycles. The Morgan fingerprint density at radius 2 is 1.96 bits per heavy atom. The third kappa shape index (κ3) is 3.23. The molecule has 0 radical (unpaired) electrons. The first kappa shape index (κ1) is 16.1. The fourth-order valence-electron chi connectivity index (χ4n) is 3.52. The zero-order chi connectivity index (χ0) is 17.2. The fraction of sp³-hybridized carbons (Fsp3) is 0.368. The molecule has 0 amide bonds. The largest absolute Gasteiger partial charge is 0.393 e. The van der Waals surface area contributed by atoms with Crippen LogP contribution in [0.5, 0.6) is 0 Å². The van der Waals surface area contributed by atoms with Gasteiger partial charge in [-0.15, -0.1) is 0 Å². The van der Waals surface area contributed by atoms with Gasteiger partial charge in [-0.3, -0.25) is 0 Å². The first-order valence-electron chi connectivity index (χ1n) is 8.72. The van der Waals surface area contributed by atoms with E-state index in [1.165, 1.54) is 0 Å². The normalized spacial score (nSPS) is 20.7. The van der Waals surface area contributed by atoms with Crippen molar-refractivity contribution in [1.82, 2.24) is 14.5 Å². The van der Waals surface area contributed by atoms with Crippen molar-refractivity contribution in [1.29, 1.82) is 0 Å². The molecule has 0 aliphatic heterocycles. The monoisotopic (exact) mass is 338 g/mol. The second-order valence-corrected chi connectivity index (χ2v) is 6.58. The zero-order valence-electron chi connectivity index (χ0n) is 14.0. The molecule has 1 saturated carbocycles. The van der Waals surface area contributed by atoms with Crippen LogP contribution < -0.4 is 5.32 Å². The number of benzene rings is 1. The van der Waals surface area contributed by atoms with E-state index in [0.717, 1.165) is 48.0 Å². The highest BCUT2D eigenvalue weighted by Gasteiger charge is 2.20. The summed E-state index contributed by atoms with van der Waals surface area (Å²) in [6, 6.07) is 10.1. The molecule has 3 aromatic rings. The minimum Gasteiger partial charge on any atom is -0.393 e. The lowest BCUT2D eigenvalue weighted by molar-refractivity contribution is 0.126. The summed E-state index contributed by atoms with van der Waals surface area (Å²) in [6.07, 6.45) is 7.06. The topological polar surface area (TPSA) is 83.2 Å². The van der Waals surface area contributed by atoms with E-state index in [4.69, 9.17) is 0 Å². The molecule has 130 valence electrons. The molecule has 1 aliphatic rings. The van der Waals surface area contributed by atoms with E-state index in [0.29, 0.717) is 12.0 Å². The quantitative estimate of drug-likeness (QED) is 0.681. The second kappa shape index (κ2) is 6.82. The molecule has 3 N–H and O–H groups in total. The van der Waals surface area contributed by atoms with Crippen LogP contribution in [0.4, 0.5) is 5.95 Å². The van der Waals surface area contributed by atoms with Gasteiger partial charge in [-0.05, 0) is 49.4 Å². The lowest BCUT2D eigenvalue weighted by Crippen LogP contribution is -2.29. The summed E-state index contributed by atoms with van der Waals surface area (Å²) in [5.74, 6) is 1.40. The van der Waals surface area contributed by atoms with Gasteiger partial charge in [-0.25, -0.2) is 4.98 Å². The molecular weight excluding hydrogens is 316 g/mol. The number of aromatic nitrogens is 3. The third-order valence-corrected chi connectivity index (χ3v) is 4.91. The van der Waals surface area contributed by atoms with Crippen molar-refractivity contribution in [3.63, 3.8) is 0 Å². The minimum absolute atomic E-state index is 0.0193. The SMILES string of the molecule is OCc1cccc2c1ccn2-c1ccnc(NC2CCC(O)CC2)n1. The van der Waals surface area contributed by atoms with E-state index in [9.17, 15) is 10.2 Å². The molecule has 2 heterocycles. The van der Waals surface area contributed by atoms with E-state index in [1.807, 2.05) is 41.1 Å². The van der Waals surface area contributed by atoms with E-state index < -0.39 is 0 Å². The van der Waals surface area contributed by atoms with Crippen LogP contribution in [0.25, 0.3) is 16.7 Å². The van der Waals surface area contributed by atoms with Crippen LogP contribution >= 0.6 is 0 Å². The highest BCUT2D eigenvalue weighted by Crippen LogP contribution is 2.24. The number of nitrogens with one attached hydrogen (secondary N) is 1. The van der Waals surface area contributed by atoms with Crippen molar-refractivity contribution in [3.05, 3.63) is 48.3 Å². The number of hydrogen-bond donors (Lipinski definition) is 3. The van der Waals surface area contributed by atoms with E-state index in [2.05, 4.69) is 15.3 Å². The highest BCUT2D eigenvalue weighted by atomic mass is 16.3. The number of nitrogens with zero attached hydrogens (tertiary/aromatic N) is 3. The van der Waals surface area contributed by atoms with Gasteiger partial charge in [0.05, 0.1) is 18.2 Å². The molecule has 6 nitrogen and oxygen atoms in total. The Morgan fingerprint density at radius 3 is 2.76 bits per heavy atom. The summed E-state index contributed by atoms with van der Waals surface area (Å²) in [6.45, 7) is 0.0193. The zero-order valence-corrected chi connectivity index (χ0v) is 14.0. The Hall–Kier alpha value is -2.44. The van der Waals surface area contributed by atoms with E-state index in [1.54, 1.807) is 6.20 Å². The molecule has 0 saturated heterocycles. The lowest BCUT2D eigenvalue weighted by atomic mass is 9.93. The van der Waals surface area contributed by atoms with Gasteiger partial charge < -0.3 is 20.1 Å². The average Bonchev–Trinajstić information content (AvgIpc) is 3.08. The van der Waals surface area contributed by atoms with Gasteiger partial charge in [0.25, 0.3) is 0 Å². The van der Waals surface area contributed by atoms with Crippen molar-refractivity contribution >= 4 is 16.9 Å². The molecule has 6 heteroatoms. The maximum absolute atomic E-state index is 9.63. The standard InChI is InChI=1S/C19H22N4O2/c24-12-13-2-1-3-17-16(13)9-11-23(17)18-8-10-20-19(22-18)21-14-4-6-15(25)7-5-14/h1-3,8-11,14-15,24-25H,4-7,12H2,(H,20,21,22). The molecule has 0 spiro atoms. The molecule has 1 aliphatic carbocycles. The van der Waals surface area contributed by atoms with Gasteiger partial charge in [0, 0.05) is 23.8 Å². The second-order valence-electron chi connectivity index (χ2n) is 6.58. The Morgan fingerprint density at radius 1 is 1.12 bits per heavy atom. The molecule has 0 atom stereocenters. The Kier molecular flexibility index (Phi) is 4.38. The summed E-state index contributed by atoms with van der Waals surface area (Å²) in [5, 5.41) is 23.5. The van der Waals surface area contributed by atoms with Crippen LogP contribution in [0.15, 0.2) is 42.7 Å². The summed E-state index contributed by atoms with van der Waals surface area (Å²) >= 11 is 0. The molecule has 0 unspecified atom stereocenters. The fourth-order valence-corrected chi connectivity index (χ4v) is 3.52. The van der Waals surface area contributed by atoms with Crippen LogP contribution in [0.1, 0.15) is 31.2 Å².